The van der Waals surface area contributed by atoms with Gasteiger partial charge in [-0.05, 0) is 47.2 Å². The highest BCUT2D eigenvalue weighted by Crippen LogP contribution is 2.23. The zero-order chi connectivity index (χ0) is 16.4. The molecular formula is C19H13BrN2O2. The molecule has 0 bridgehead atoms. The lowest BCUT2D eigenvalue weighted by Gasteiger charge is -2.04. The van der Waals surface area contributed by atoms with Crippen LogP contribution in [0.1, 0.15) is 5.89 Å². The Kier molecular flexibility index (Phi) is 4.01. The number of aromatic nitrogens is 2. The van der Waals surface area contributed by atoms with Crippen molar-refractivity contribution in [2.45, 2.75) is 6.61 Å². The summed E-state index contributed by atoms with van der Waals surface area (Å²) in [7, 11) is 0. The molecular weight excluding hydrogens is 368 g/mol. The number of fused-ring (bicyclic) bond motifs is 1. The summed E-state index contributed by atoms with van der Waals surface area (Å²) in [6, 6.07) is 21.8. The Bertz CT molecular complexity index is 980. The number of nitrogens with zero attached hydrogens (tertiary/aromatic N) is 2. The van der Waals surface area contributed by atoms with Crippen LogP contribution in [0.2, 0.25) is 0 Å². The molecule has 0 saturated heterocycles. The van der Waals surface area contributed by atoms with Crippen LogP contribution in [0.3, 0.4) is 0 Å². The fourth-order valence-electron chi connectivity index (χ4n) is 2.42. The van der Waals surface area contributed by atoms with E-state index in [0.717, 1.165) is 21.2 Å². The Morgan fingerprint density at radius 2 is 1.67 bits per heavy atom. The molecule has 0 aliphatic rings. The largest absolute Gasteiger partial charge is 0.484 e. The molecule has 0 fully saturated rings. The van der Waals surface area contributed by atoms with Crippen molar-refractivity contribution in [2.75, 3.05) is 0 Å². The smallest absolute Gasteiger partial charge is 0.254 e. The maximum Gasteiger partial charge on any atom is 0.254 e. The topological polar surface area (TPSA) is 48.2 Å². The Balaban J connectivity index is 1.48. The van der Waals surface area contributed by atoms with Gasteiger partial charge < -0.3 is 9.15 Å². The summed E-state index contributed by atoms with van der Waals surface area (Å²) >= 11 is 3.40. The highest BCUT2D eigenvalue weighted by atomic mass is 79.9. The van der Waals surface area contributed by atoms with Crippen molar-refractivity contribution >= 4 is 26.7 Å². The normalized spacial score (nSPS) is 10.9. The van der Waals surface area contributed by atoms with E-state index in [0.29, 0.717) is 11.8 Å². The number of hydrogen-bond donors (Lipinski definition) is 0. The third-order valence-electron chi connectivity index (χ3n) is 3.64. The minimum atomic E-state index is 0.238. The van der Waals surface area contributed by atoms with Crippen molar-refractivity contribution in [3.05, 3.63) is 77.1 Å². The van der Waals surface area contributed by atoms with Crippen LogP contribution in [0.5, 0.6) is 5.75 Å². The molecule has 0 radical (unpaired) electrons. The fraction of sp³-hybridized carbons (Fsp3) is 0.0526. The summed E-state index contributed by atoms with van der Waals surface area (Å²) in [6.45, 7) is 0.238. The Hall–Kier alpha value is -2.66. The van der Waals surface area contributed by atoms with Gasteiger partial charge in [0.15, 0.2) is 6.61 Å². The van der Waals surface area contributed by atoms with E-state index >= 15 is 0 Å². The first-order valence-corrected chi connectivity index (χ1v) is 8.27. The third-order valence-corrected chi connectivity index (χ3v) is 4.17. The van der Waals surface area contributed by atoms with E-state index < -0.39 is 0 Å². The minimum absolute atomic E-state index is 0.238. The van der Waals surface area contributed by atoms with Gasteiger partial charge >= 0.3 is 0 Å². The fourth-order valence-corrected chi connectivity index (χ4v) is 2.69. The first kappa shape index (κ1) is 14.9. The van der Waals surface area contributed by atoms with Crippen molar-refractivity contribution in [2.24, 2.45) is 0 Å². The van der Waals surface area contributed by atoms with Gasteiger partial charge in [-0.15, -0.1) is 10.2 Å². The Morgan fingerprint density at radius 3 is 2.50 bits per heavy atom. The van der Waals surface area contributed by atoms with E-state index in [4.69, 9.17) is 9.15 Å². The lowest BCUT2D eigenvalue weighted by atomic mass is 10.1. The molecule has 0 aliphatic heterocycles. The first-order chi connectivity index (χ1) is 11.8. The van der Waals surface area contributed by atoms with Gasteiger partial charge in [-0.25, -0.2) is 0 Å². The van der Waals surface area contributed by atoms with Crippen molar-refractivity contribution < 1.29 is 9.15 Å². The molecule has 0 amide bonds. The van der Waals surface area contributed by atoms with Gasteiger partial charge in [-0.3, -0.25) is 0 Å². The molecule has 3 aromatic carbocycles. The molecule has 5 heteroatoms. The molecule has 0 unspecified atom stereocenters. The summed E-state index contributed by atoms with van der Waals surface area (Å²) in [5.74, 6) is 1.71. The standard InChI is InChI=1S/C19H13BrN2O2/c20-16-8-5-14(6-9-16)19-22-21-18(24-19)12-23-17-10-7-13-3-1-2-4-15(13)11-17/h1-11H,12H2. The number of benzene rings is 3. The van der Waals surface area contributed by atoms with Crippen LogP contribution in [-0.2, 0) is 6.61 Å². The second-order valence-electron chi connectivity index (χ2n) is 5.31. The highest BCUT2D eigenvalue weighted by Gasteiger charge is 2.09. The number of rotatable bonds is 4. The molecule has 0 aliphatic carbocycles. The van der Waals surface area contributed by atoms with Crippen LogP contribution in [0, 0.1) is 0 Å². The molecule has 0 atom stereocenters. The van der Waals surface area contributed by atoms with Crippen LogP contribution in [0.25, 0.3) is 22.2 Å². The van der Waals surface area contributed by atoms with E-state index in [2.05, 4.69) is 38.3 Å². The van der Waals surface area contributed by atoms with Crippen LogP contribution in [0.15, 0.2) is 75.6 Å². The molecule has 4 rings (SSSR count). The quantitative estimate of drug-likeness (QED) is 0.486. The molecule has 4 nitrogen and oxygen atoms in total. The summed E-state index contributed by atoms with van der Waals surface area (Å²) < 4.78 is 12.4. The van der Waals surface area contributed by atoms with E-state index in [1.54, 1.807) is 0 Å². The molecule has 0 N–H and O–H groups in total. The van der Waals surface area contributed by atoms with E-state index in [-0.39, 0.29) is 6.61 Å². The molecule has 0 saturated carbocycles. The third kappa shape index (κ3) is 3.16. The van der Waals surface area contributed by atoms with Gasteiger partial charge in [0.05, 0.1) is 0 Å². The van der Waals surface area contributed by atoms with Gasteiger partial charge in [-0.1, -0.05) is 46.3 Å². The molecule has 1 heterocycles. The second kappa shape index (κ2) is 6.45. The zero-order valence-corrected chi connectivity index (χ0v) is 14.2. The van der Waals surface area contributed by atoms with Gasteiger partial charge in [-0.2, -0.15) is 0 Å². The number of hydrogen-bond acceptors (Lipinski definition) is 4. The summed E-state index contributed by atoms with van der Waals surface area (Å²) in [4.78, 5) is 0. The van der Waals surface area contributed by atoms with Crippen LogP contribution < -0.4 is 4.74 Å². The van der Waals surface area contributed by atoms with Crippen molar-refractivity contribution in [1.82, 2.24) is 10.2 Å². The van der Waals surface area contributed by atoms with Gasteiger partial charge in [0, 0.05) is 10.0 Å². The lowest BCUT2D eigenvalue weighted by molar-refractivity contribution is 0.265. The monoisotopic (exact) mass is 380 g/mol. The van der Waals surface area contributed by atoms with Gasteiger partial charge in [0.25, 0.3) is 5.89 Å². The first-order valence-electron chi connectivity index (χ1n) is 7.48. The Labute approximate surface area is 147 Å². The van der Waals surface area contributed by atoms with Crippen molar-refractivity contribution in [3.8, 4) is 17.2 Å². The van der Waals surface area contributed by atoms with Crippen LogP contribution in [-0.4, -0.2) is 10.2 Å². The summed E-state index contributed by atoms with van der Waals surface area (Å²) in [5.41, 5.74) is 0.877. The van der Waals surface area contributed by atoms with Gasteiger partial charge in [0.1, 0.15) is 5.75 Å². The van der Waals surface area contributed by atoms with E-state index in [9.17, 15) is 0 Å². The van der Waals surface area contributed by atoms with Crippen LogP contribution >= 0.6 is 15.9 Å². The highest BCUT2D eigenvalue weighted by molar-refractivity contribution is 9.10. The summed E-state index contributed by atoms with van der Waals surface area (Å²) in [5, 5.41) is 10.4. The van der Waals surface area contributed by atoms with Crippen molar-refractivity contribution in [3.63, 3.8) is 0 Å². The maximum absolute atomic E-state index is 5.76. The SMILES string of the molecule is Brc1ccc(-c2nnc(COc3ccc4ccccc4c3)o2)cc1. The predicted molar refractivity (Wildman–Crippen MR) is 95.7 cm³/mol. The average molecular weight is 381 g/mol. The average Bonchev–Trinajstić information content (AvgIpc) is 3.09. The van der Waals surface area contributed by atoms with Crippen LogP contribution in [0.4, 0.5) is 0 Å². The second-order valence-corrected chi connectivity index (χ2v) is 6.22. The minimum Gasteiger partial charge on any atom is -0.484 e. The number of ether oxygens (including phenoxy) is 1. The Morgan fingerprint density at radius 1 is 0.875 bits per heavy atom. The lowest BCUT2D eigenvalue weighted by Crippen LogP contribution is -1.95. The molecule has 1 aromatic heterocycles. The molecule has 0 spiro atoms. The maximum atomic E-state index is 5.76. The molecule has 24 heavy (non-hydrogen) atoms. The predicted octanol–water partition coefficient (Wildman–Crippen LogP) is 5.23. The van der Waals surface area contributed by atoms with Gasteiger partial charge in [0.2, 0.25) is 5.89 Å². The van der Waals surface area contributed by atoms with Crippen molar-refractivity contribution in [1.29, 1.82) is 0 Å². The zero-order valence-electron chi connectivity index (χ0n) is 12.6. The molecule has 118 valence electrons. The summed E-state index contributed by atoms with van der Waals surface area (Å²) in [6.07, 6.45) is 0. The number of halogens is 1. The van der Waals surface area contributed by atoms with E-state index in [1.165, 1.54) is 5.39 Å². The molecule has 4 aromatic rings. The van der Waals surface area contributed by atoms with E-state index in [1.807, 2.05) is 54.6 Å².